The first-order valence-electron chi connectivity index (χ1n) is 8.62. The van der Waals surface area contributed by atoms with Gasteiger partial charge in [0.1, 0.15) is 0 Å². The van der Waals surface area contributed by atoms with Crippen LogP contribution in [0.3, 0.4) is 0 Å². The molecule has 0 aliphatic carbocycles. The molecule has 1 heterocycles. The third-order valence-corrected chi connectivity index (χ3v) is 28.4. The molecule has 0 bridgehead atoms. The minimum atomic E-state index is -3.22. The van der Waals surface area contributed by atoms with Crippen LogP contribution >= 0.6 is 22.2 Å². The van der Waals surface area contributed by atoms with Gasteiger partial charge in [0, 0.05) is 0 Å². The van der Waals surface area contributed by atoms with E-state index in [1.807, 2.05) is 26.2 Å². The Bertz CT molecular complexity index is 552. The lowest BCUT2D eigenvalue weighted by molar-refractivity contribution is 0.258. The highest BCUT2D eigenvalue weighted by molar-refractivity contribution is 7.19. The number of hydrogen-bond donors (Lipinski definition) is 0. The second-order valence-corrected chi connectivity index (χ2v) is 29.3. The first kappa shape index (κ1) is 26.6. The summed E-state index contributed by atoms with van der Waals surface area (Å²) in [5.74, 6) is 0. The van der Waals surface area contributed by atoms with Crippen LogP contribution in [0.1, 0.15) is 0 Å². The molecular weight excluding hydrogens is 504 g/mol. The van der Waals surface area contributed by atoms with Gasteiger partial charge in [-0.3, -0.25) is 0 Å². The van der Waals surface area contributed by atoms with Crippen LogP contribution in [0, 0.1) is 0 Å². The van der Waals surface area contributed by atoms with Gasteiger partial charge in [0.05, 0.1) is 0 Å². The Balaban J connectivity index is 3.54. The molecule has 6 nitrogen and oxygen atoms in total. The summed E-state index contributed by atoms with van der Waals surface area (Å²) in [6, 6.07) is 0. The minimum Gasteiger partial charge on any atom is -0.410 e. The highest BCUT2D eigenvalue weighted by Gasteiger charge is 2.55. The second kappa shape index (κ2) is 8.99. The maximum Gasteiger partial charge on any atom is 0.422 e. The molecule has 0 radical (unpaired) electrons. The first-order valence-corrected chi connectivity index (χ1v) is 24.8. The van der Waals surface area contributed by atoms with Crippen LogP contribution in [-0.4, -0.2) is 50.0 Å². The van der Waals surface area contributed by atoms with Gasteiger partial charge >= 0.3 is 50.0 Å². The summed E-state index contributed by atoms with van der Waals surface area (Å²) in [6.07, 6.45) is 0. The molecule has 0 saturated carbocycles. The van der Waals surface area contributed by atoms with E-state index in [1.165, 1.54) is 0 Å². The van der Waals surface area contributed by atoms with Crippen molar-refractivity contribution in [3.63, 3.8) is 0 Å². The highest BCUT2D eigenvalue weighted by Crippen LogP contribution is 2.34. The Kier molecular flexibility index (Phi) is 8.56. The fourth-order valence-electron chi connectivity index (χ4n) is 2.71. The molecule has 1 fully saturated rings. The highest BCUT2D eigenvalue weighted by atomic mass is 35.6. The van der Waals surface area contributed by atoms with Crippen LogP contribution in [-0.2, 0) is 24.7 Å². The van der Waals surface area contributed by atoms with Gasteiger partial charge in [0.25, 0.3) is 0 Å². The molecule has 28 heavy (non-hydrogen) atoms. The summed E-state index contributed by atoms with van der Waals surface area (Å²) in [6.45, 7) is 26.2. The van der Waals surface area contributed by atoms with E-state index >= 15 is 0 Å². The van der Waals surface area contributed by atoms with E-state index in [4.69, 9.17) is 46.8 Å². The first-order chi connectivity index (χ1) is 12.5. The standard InChI is InChI=1S/C14H30Cl2O6Si6/c1-11-23(5)17-24(6,12-2)20-28(10,16)22-26(8,14-4)18-25(7,13-3)21-27(9,15)19-23/h11-14H,1-4H2,5-10H3. The normalized spacial score (nSPS) is 48.6. The van der Waals surface area contributed by atoms with Crippen LogP contribution in [0.25, 0.3) is 0 Å². The molecule has 14 heteroatoms. The molecule has 0 aromatic heterocycles. The van der Waals surface area contributed by atoms with Gasteiger partial charge in [-0.05, 0) is 39.3 Å². The summed E-state index contributed by atoms with van der Waals surface area (Å²) in [7, 11) is -18.4. The molecule has 160 valence electrons. The van der Waals surface area contributed by atoms with Crippen molar-refractivity contribution in [1.82, 2.24) is 0 Å². The second-order valence-electron chi connectivity index (χ2n) is 7.16. The van der Waals surface area contributed by atoms with Crippen LogP contribution in [0.4, 0.5) is 0 Å². The maximum absolute atomic E-state index is 6.71. The van der Waals surface area contributed by atoms with Gasteiger partial charge in [-0.1, -0.05) is 22.8 Å². The lowest BCUT2D eigenvalue weighted by atomic mass is 11.3. The predicted molar refractivity (Wildman–Crippen MR) is 129 cm³/mol. The van der Waals surface area contributed by atoms with Gasteiger partial charge < -0.3 is 24.7 Å². The molecule has 0 amide bonds. The van der Waals surface area contributed by atoms with Crippen molar-refractivity contribution in [2.75, 3.05) is 0 Å². The van der Waals surface area contributed by atoms with E-state index in [9.17, 15) is 0 Å². The molecule has 1 aliphatic heterocycles. The monoisotopic (exact) mass is 532 g/mol. The Morgan fingerprint density at radius 1 is 0.464 bits per heavy atom. The van der Waals surface area contributed by atoms with E-state index in [0.29, 0.717) is 0 Å². The number of halogens is 2. The average Bonchev–Trinajstić information content (AvgIpc) is 2.51. The number of rotatable bonds is 4. The predicted octanol–water partition coefficient (Wildman–Crippen LogP) is 4.90. The van der Waals surface area contributed by atoms with Gasteiger partial charge in [-0.2, -0.15) is 0 Å². The molecule has 1 aliphatic rings. The lowest BCUT2D eigenvalue weighted by Gasteiger charge is -2.44. The Labute approximate surface area is 184 Å². The average molecular weight is 534 g/mol. The Morgan fingerprint density at radius 3 is 0.786 bits per heavy atom. The third-order valence-electron chi connectivity index (χ3n) is 3.83. The van der Waals surface area contributed by atoms with Crippen molar-refractivity contribution >= 4 is 72.1 Å². The number of hydrogen-bond acceptors (Lipinski definition) is 6. The van der Waals surface area contributed by atoms with Crippen molar-refractivity contribution in [2.24, 2.45) is 0 Å². The molecule has 1 saturated heterocycles. The van der Waals surface area contributed by atoms with Crippen molar-refractivity contribution < 1.29 is 24.7 Å². The third kappa shape index (κ3) is 7.38. The molecular formula is C14H30Cl2O6Si6. The summed E-state index contributed by atoms with van der Waals surface area (Å²) in [4.78, 5) is 0. The van der Waals surface area contributed by atoms with E-state index in [2.05, 4.69) is 26.3 Å². The quantitative estimate of drug-likeness (QED) is 0.378. The zero-order valence-corrected chi connectivity index (χ0v) is 24.9. The Morgan fingerprint density at radius 2 is 0.643 bits per heavy atom. The molecule has 0 aromatic rings. The molecule has 0 N–H and O–H groups in total. The lowest BCUT2D eigenvalue weighted by Crippen LogP contribution is -2.64. The molecule has 0 aromatic carbocycles. The topological polar surface area (TPSA) is 55.4 Å². The Hall–Kier alpha value is 0.601. The van der Waals surface area contributed by atoms with E-state index in [-0.39, 0.29) is 0 Å². The van der Waals surface area contributed by atoms with Crippen molar-refractivity contribution in [3.8, 4) is 0 Å². The smallest absolute Gasteiger partial charge is 0.410 e. The van der Waals surface area contributed by atoms with Crippen molar-refractivity contribution in [3.05, 3.63) is 49.1 Å². The summed E-state index contributed by atoms with van der Waals surface area (Å²) >= 11 is 13.4. The van der Waals surface area contributed by atoms with E-state index < -0.39 is 50.0 Å². The maximum atomic E-state index is 6.71. The zero-order chi connectivity index (χ0) is 22.1. The van der Waals surface area contributed by atoms with Gasteiger partial charge in [-0.25, -0.2) is 0 Å². The van der Waals surface area contributed by atoms with Crippen LogP contribution in [0.2, 0.25) is 39.3 Å². The van der Waals surface area contributed by atoms with Crippen LogP contribution in [0.5, 0.6) is 0 Å². The van der Waals surface area contributed by atoms with Crippen LogP contribution < -0.4 is 0 Å². The van der Waals surface area contributed by atoms with Crippen LogP contribution in [0.15, 0.2) is 49.1 Å². The van der Waals surface area contributed by atoms with E-state index in [1.54, 1.807) is 35.9 Å². The van der Waals surface area contributed by atoms with E-state index in [0.717, 1.165) is 0 Å². The fraction of sp³-hybridized carbons (Fsp3) is 0.429. The SMILES string of the molecule is C=C[Si]1(C)O[Si](C)(Cl)O[Si](C)(C=C)O[Si](C)(C=C)O[Si](C)(Cl)O[Si](C)(C=C)O1. The van der Waals surface area contributed by atoms with Gasteiger partial charge in [0.15, 0.2) is 0 Å². The van der Waals surface area contributed by atoms with Crippen molar-refractivity contribution in [1.29, 1.82) is 0 Å². The zero-order valence-electron chi connectivity index (χ0n) is 17.3. The molecule has 4 unspecified atom stereocenters. The fourth-order valence-corrected chi connectivity index (χ4v) is 32.2. The molecule has 4 atom stereocenters. The summed E-state index contributed by atoms with van der Waals surface area (Å²) in [5, 5.41) is 0. The van der Waals surface area contributed by atoms with Gasteiger partial charge in [0.2, 0.25) is 0 Å². The summed E-state index contributed by atoms with van der Waals surface area (Å²) in [5.41, 5.74) is 6.55. The minimum absolute atomic E-state index is 1.64. The van der Waals surface area contributed by atoms with Crippen molar-refractivity contribution in [2.45, 2.75) is 39.3 Å². The largest absolute Gasteiger partial charge is 0.422 e. The van der Waals surface area contributed by atoms with Gasteiger partial charge in [-0.15, -0.1) is 48.5 Å². The molecule has 0 spiro atoms. The summed E-state index contributed by atoms with van der Waals surface area (Å²) < 4.78 is 37.6. The molecule has 1 rings (SSSR count).